The third-order valence-electron chi connectivity index (χ3n) is 2.05. The van der Waals surface area contributed by atoms with Crippen LogP contribution in [0, 0.1) is 5.82 Å². The average molecular weight is 261 g/mol. The van der Waals surface area contributed by atoms with E-state index in [1.54, 1.807) is 12.1 Å². The number of hydrogen-bond acceptors (Lipinski definition) is 1. The molecule has 0 N–H and O–H groups in total. The molecule has 0 spiro atoms. The molecule has 0 nitrogen and oxygen atoms in total. The Balaban J connectivity index is 2.42. The van der Waals surface area contributed by atoms with Crippen molar-refractivity contribution in [1.82, 2.24) is 0 Å². The Kier molecular flexibility index (Phi) is 3.29. The molecule has 0 saturated carbocycles. The van der Waals surface area contributed by atoms with E-state index in [9.17, 15) is 4.39 Å². The van der Waals surface area contributed by atoms with Crippen LogP contribution in [0.1, 0.15) is 15.8 Å². The van der Waals surface area contributed by atoms with Gasteiger partial charge in [0.1, 0.15) is 5.82 Å². The van der Waals surface area contributed by atoms with Gasteiger partial charge >= 0.3 is 0 Å². The van der Waals surface area contributed by atoms with Gasteiger partial charge in [0.2, 0.25) is 0 Å². The smallest absolute Gasteiger partial charge is 0.146 e. The second kappa shape index (κ2) is 4.52. The molecule has 4 heteroatoms. The van der Waals surface area contributed by atoms with Gasteiger partial charge in [0.25, 0.3) is 0 Å². The van der Waals surface area contributed by atoms with Gasteiger partial charge in [-0.1, -0.05) is 29.8 Å². The molecule has 0 radical (unpaired) electrons. The van der Waals surface area contributed by atoms with Crippen LogP contribution in [0.3, 0.4) is 0 Å². The zero-order valence-electron chi connectivity index (χ0n) is 7.58. The first-order chi connectivity index (χ1) is 7.20. The van der Waals surface area contributed by atoms with Crippen LogP contribution in [0.15, 0.2) is 35.7 Å². The van der Waals surface area contributed by atoms with E-state index in [1.807, 2.05) is 17.5 Å². The van der Waals surface area contributed by atoms with Crippen LogP contribution in [-0.2, 0) is 0 Å². The van der Waals surface area contributed by atoms with Gasteiger partial charge in [-0.25, -0.2) is 4.39 Å². The van der Waals surface area contributed by atoms with E-state index in [2.05, 4.69) is 0 Å². The Morgan fingerprint density at radius 3 is 2.67 bits per heavy atom. The highest BCUT2D eigenvalue weighted by molar-refractivity contribution is 7.10. The Hall–Kier alpha value is -0.570. The van der Waals surface area contributed by atoms with E-state index >= 15 is 0 Å². The molecule has 2 rings (SSSR count). The lowest BCUT2D eigenvalue weighted by atomic mass is 10.1. The fourth-order valence-electron chi connectivity index (χ4n) is 1.30. The van der Waals surface area contributed by atoms with Crippen molar-refractivity contribution in [2.45, 2.75) is 5.38 Å². The molecule has 0 aliphatic rings. The SMILES string of the molecule is Fc1c(Cl)cccc1C(Cl)c1cccs1. The largest absolute Gasteiger partial charge is 0.205 e. The van der Waals surface area contributed by atoms with Gasteiger partial charge in [0.15, 0.2) is 0 Å². The number of thiophene rings is 1. The van der Waals surface area contributed by atoms with Crippen molar-refractivity contribution in [3.05, 3.63) is 57.0 Å². The van der Waals surface area contributed by atoms with Crippen LogP contribution in [-0.4, -0.2) is 0 Å². The summed E-state index contributed by atoms with van der Waals surface area (Å²) in [4.78, 5) is 0.915. The van der Waals surface area contributed by atoms with Crippen LogP contribution in [0.4, 0.5) is 4.39 Å². The highest BCUT2D eigenvalue weighted by atomic mass is 35.5. The van der Waals surface area contributed by atoms with E-state index < -0.39 is 11.2 Å². The lowest BCUT2D eigenvalue weighted by Crippen LogP contribution is -1.95. The molecule has 2 aromatic rings. The monoisotopic (exact) mass is 260 g/mol. The molecule has 15 heavy (non-hydrogen) atoms. The van der Waals surface area contributed by atoms with Crippen molar-refractivity contribution in [2.75, 3.05) is 0 Å². The molecule has 1 aromatic heterocycles. The van der Waals surface area contributed by atoms with Crippen molar-refractivity contribution >= 4 is 34.5 Å². The second-order valence-electron chi connectivity index (χ2n) is 3.02. The van der Waals surface area contributed by atoms with Gasteiger partial charge in [-0.3, -0.25) is 0 Å². The number of rotatable bonds is 2. The van der Waals surface area contributed by atoms with E-state index in [-0.39, 0.29) is 5.02 Å². The first-order valence-electron chi connectivity index (χ1n) is 4.31. The molecular formula is C11H7Cl2FS. The molecule has 1 heterocycles. The fourth-order valence-corrected chi connectivity index (χ4v) is 2.60. The molecule has 1 aromatic carbocycles. The maximum absolute atomic E-state index is 13.6. The molecule has 0 fully saturated rings. The van der Waals surface area contributed by atoms with E-state index in [1.165, 1.54) is 17.4 Å². The van der Waals surface area contributed by atoms with Gasteiger partial charge in [-0.05, 0) is 17.5 Å². The molecule has 0 amide bonds. The molecule has 1 unspecified atom stereocenters. The maximum atomic E-state index is 13.6. The van der Waals surface area contributed by atoms with Gasteiger partial charge in [-0.2, -0.15) is 0 Å². The van der Waals surface area contributed by atoms with Crippen LogP contribution >= 0.6 is 34.5 Å². The minimum absolute atomic E-state index is 0.106. The van der Waals surface area contributed by atoms with Crippen molar-refractivity contribution in [1.29, 1.82) is 0 Å². The zero-order chi connectivity index (χ0) is 10.8. The van der Waals surface area contributed by atoms with E-state index in [0.29, 0.717) is 5.56 Å². The highest BCUT2D eigenvalue weighted by Gasteiger charge is 2.17. The van der Waals surface area contributed by atoms with E-state index in [0.717, 1.165) is 4.88 Å². The lowest BCUT2D eigenvalue weighted by molar-refractivity contribution is 0.613. The second-order valence-corrected chi connectivity index (χ2v) is 4.84. The molecule has 78 valence electrons. The van der Waals surface area contributed by atoms with Crippen molar-refractivity contribution in [3.63, 3.8) is 0 Å². The van der Waals surface area contributed by atoms with Crippen molar-refractivity contribution < 1.29 is 4.39 Å². The normalized spacial score (nSPS) is 12.7. The molecule has 0 bridgehead atoms. The molecule has 1 atom stereocenters. The molecule has 0 aliphatic carbocycles. The predicted molar refractivity (Wildman–Crippen MR) is 63.4 cm³/mol. The van der Waals surface area contributed by atoms with Crippen LogP contribution in [0.5, 0.6) is 0 Å². The van der Waals surface area contributed by atoms with Crippen LogP contribution < -0.4 is 0 Å². The molecule has 0 aliphatic heterocycles. The quantitative estimate of drug-likeness (QED) is 0.676. The number of benzene rings is 1. The Morgan fingerprint density at radius 1 is 1.20 bits per heavy atom. The topological polar surface area (TPSA) is 0 Å². The zero-order valence-corrected chi connectivity index (χ0v) is 9.91. The average Bonchev–Trinajstić information content (AvgIpc) is 2.74. The first-order valence-corrected chi connectivity index (χ1v) is 6.01. The predicted octanol–water partition coefficient (Wildman–Crippen LogP) is 4.87. The number of alkyl halides is 1. The summed E-state index contributed by atoms with van der Waals surface area (Å²) < 4.78 is 13.6. The summed E-state index contributed by atoms with van der Waals surface area (Å²) in [5.74, 6) is -0.437. The van der Waals surface area contributed by atoms with Crippen molar-refractivity contribution in [3.8, 4) is 0 Å². The highest BCUT2D eigenvalue weighted by Crippen LogP contribution is 2.34. The fraction of sp³-hybridized carbons (Fsp3) is 0.0909. The Labute approximate surface area is 101 Å². The summed E-state index contributed by atoms with van der Waals surface area (Å²) in [6.45, 7) is 0. The van der Waals surface area contributed by atoms with E-state index in [4.69, 9.17) is 23.2 Å². The lowest BCUT2D eigenvalue weighted by Gasteiger charge is -2.09. The summed E-state index contributed by atoms with van der Waals surface area (Å²) in [6, 6.07) is 8.63. The molecular weight excluding hydrogens is 254 g/mol. The number of hydrogen-bond donors (Lipinski definition) is 0. The third-order valence-corrected chi connectivity index (χ3v) is 3.88. The summed E-state index contributed by atoms with van der Waals surface area (Å²) in [5.41, 5.74) is 0.423. The van der Waals surface area contributed by atoms with Gasteiger partial charge in [-0.15, -0.1) is 22.9 Å². The minimum Gasteiger partial charge on any atom is -0.205 e. The number of halogens is 3. The third kappa shape index (κ3) is 2.17. The minimum atomic E-state index is -0.469. The standard InChI is InChI=1S/C11H7Cl2FS/c12-8-4-1-3-7(11(8)14)10(13)9-5-2-6-15-9/h1-6,10H. The van der Waals surface area contributed by atoms with Crippen LogP contribution in [0.2, 0.25) is 5.02 Å². The maximum Gasteiger partial charge on any atom is 0.146 e. The van der Waals surface area contributed by atoms with Crippen molar-refractivity contribution in [2.24, 2.45) is 0 Å². The first kappa shape index (κ1) is 10.9. The molecule has 0 saturated heterocycles. The summed E-state index contributed by atoms with van der Waals surface area (Å²) in [6.07, 6.45) is 0. The summed E-state index contributed by atoms with van der Waals surface area (Å²) >= 11 is 13.3. The summed E-state index contributed by atoms with van der Waals surface area (Å²) in [5, 5.41) is 1.55. The Morgan fingerprint density at radius 2 is 2.00 bits per heavy atom. The van der Waals surface area contributed by atoms with Gasteiger partial charge in [0, 0.05) is 10.4 Å². The van der Waals surface area contributed by atoms with Crippen LogP contribution in [0.25, 0.3) is 0 Å². The van der Waals surface area contributed by atoms with Gasteiger partial charge in [0.05, 0.1) is 10.4 Å². The van der Waals surface area contributed by atoms with Gasteiger partial charge < -0.3 is 0 Å². The Bertz CT molecular complexity index is 454. The summed E-state index contributed by atoms with van der Waals surface area (Å²) in [7, 11) is 0.